The van der Waals surface area contributed by atoms with Gasteiger partial charge in [-0.2, -0.15) is 13.2 Å². The molecule has 12 nitrogen and oxygen atoms in total. The molecule has 0 spiro atoms. The summed E-state index contributed by atoms with van der Waals surface area (Å²) in [6.45, 7) is 1.98. The monoisotopic (exact) mass is 674 g/mol. The number of carboxylic acid groups (broad SMARTS) is 1. The minimum absolute atomic E-state index is 0.0819. The normalized spacial score (nSPS) is 15.5. The highest BCUT2D eigenvalue weighted by atomic mass is 32.2. The Morgan fingerprint density at radius 1 is 1.04 bits per heavy atom. The molecule has 0 aliphatic heterocycles. The van der Waals surface area contributed by atoms with Gasteiger partial charge in [0.1, 0.15) is 11.8 Å². The number of rotatable bonds is 10. The molecule has 0 bridgehead atoms. The van der Waals surface area contributed by atoms with E-state index >= 15 is 0 Å². The molecule has 1 aliphatic rings. The van der Waals surface area contributed by atoms with Crippen LogP contribution < -0.4 is 15.8 Å². The largest absolute Gasteiger partial charge is 0.490 e. The van der Waals surface area contributed by atoms with E-state index < -0.39 is 44.0 Å². The molecule has 246 valence electrons. The Morgan fingerprint density at radius 2 is 1.62 bits per heavy atom. The fourth-order valence-electron chi connectivity index (χ4n) is 4.20. The number of nitrogens with two attached hydrogens (primary N) is 1. The number of oxime groups is 1. The first-order valence-electron chi connectivity index (χ1n) is 13.0. The summed E-state index contributed by atoms with van der Waals surface area (Å²) in [6, 6.07) is 13.1. The number of aliphatic carboxylic acids is 1. The van der Waals surface area contributed by atoms with Gasteiger partial charge in [0.05, 0.1) is 16.8 Å². The molecule has 0 saturated carbocycles. The fraction of sp³-hybridized carbons (Fsp3) is 0.321. The number of allylic oxidation sites excluding steroid dienone is 3. The zero-order valence-corrected chi connectivity index (χ0v) is 26.1. The van der Waals surface area contributed by atoms with Crippen molar-refractivity contribution in [3.63, 3.8) is 0 Å². The minimum Gasteiger partial charge on any atom is -0.475 e. The summed E-state index contributed by atoms with van der Waals surface area (Å²) in [4.78, 5) is 22.1. The van der Waals surface area contributed by atoms with Crippen LogP contribution in [0.1, 0.15) is 25.3 Å². The van der Waals surface area contributed by atoms with Gasteiger partial charge in [0.25, 0.3) is 0 Å². The number of halogens is 3. The molecule has 0 heterocycles. The van der Waals surface area contributed by atoms with E-state index in [1.54, 1.807) is 37.3 Å². The Balaban J connectivity index is 0.000000900. The van der Waals surface area contributed by atoms with Gasteiger partial charge in [-0.05, 0) is 48.1 Å². The molecule has 0 aromatic heterocycles. The Morgan fingerprint density at radius 3 is 2.13 bits per heavy atom. The molecule has 0 radical (unpaired) electrons. The third-order valence-corrected chi connectivity index (χ3v) is 8.33. The highest BCUT2D eigenvalue weighted by Gasteiger charge is 2.38. The van der Waals surface area contributed by atoms with Gasteiger partial charge in [-0.15, -0.1) is 0 Å². The highest BCUT2D eigenvalue weighted by molar-refractivity contribution is 7.90. The summed E-state index contributed by atoms with van der Waals surface area (Å²) in [6.07, 6.45) is -0.331. The van der Waals surface area contributed by atoms with Crippen LogP contribution in [0.5, 0.6) is 0 Å². The van der Waals surface area contributed by atoms with Crippen LogP contribution in [0, 0.1) is 0 Å². The van der Waals surface area contributed by atoms with Crippen molar-refractivity contribution in [2.75, 3.05) is 19.1 Å². The number of carbonyl (C=O) groups is 2. The van der Waals surface area contributed by atoms with Crippen molar-refractivity contribution >= 4 is 37.4 Å². The van der Waals surface area contributed by atoms with Crippen molar-refractivity contribution in [3.05, 3.63) is 77.0 Å². The highest BCUT2D eigenvalue weighted by Crippen LogP contribution is 2.28. The van der Waals surface area contributed by atoms with Crippen LogP contribution in [0.2, 0.25) is 0 Å². The third kappa shape index (κ3) is 11.3. The van der Waals surface area contributed by atoms with E-state index in [2.05, 4.69) is 15.2 Å². The van der Waals surface area contributed by atoms with Crippen molar-refractivity contribution in [2.24, 2.45) is 10.9 Å². The number of alkyl halides is 3. The molecule has 1 atom stereocenters. The standard InChI is InChI=1S/C26H32N4O6S2.C2HF3O2/c1-17-20(12-13-22(29-32)25(17)27)16-23(30-38(3,35)36)26(31)28-15-14-18-8-10-19(11-9-18)21-6-4-5-7-24(21)37(2,33)34;3-2(4,5)1(6)7/h4-12,23,30,32H,13-16,27H2,1-3H3,(H,28,31);(H,6,7)/t23-;/m0./s1. The number of benzene rings is 2. The van der Waals surface area contributed by atoms with Gasteiger partial charge < -0.3 is 21.4 Å². The van der Waals surface area contributed by atoms with Crippen LogP contribution in [0.25, 0.3) is 11.1 Å². The number of amides is 1. The predicted molar refractivity (Wildman–Crippen MR) is 161 cm³/mol. The number of hydrogen-bond acceptors (Lipinski definition) is 9. The van der Waals surface area contributed by atoms with Gasteiger partial charge in [0, 0.05) is 24.8 Å². The maximum Gasteiger partial charge on any atom is 0.490 e. The summed E-state index contributed by atoms with van der Waals surface area (Å²) in [7, 11) is -7.07. The summed E-state index contributed by atoms with van der Waals surface area (Å²) < 4.78 is 82.2. The molecule has 0 fully saturated rings. The van der Waals surface area contributed by atoms with E-state index in [4.69, 9.17) is 20.8 Å². The van der Waals surface area contributed by atoms with Crippen molar-refractivity contribution < 1.29 is 49.9 Å². The summed E-state index contributed by atoms with van der Waals surface area (Å²) in [5.41, 5.74) is 10.2. The molecule has 45 heavy (non-hydrogen) atoms. The van der Waals surface area contributed by atoms with E-state index in [-0.39, 0.29) is 24.3 Å². The van der Waals surface area contributed by atoms with Gasteiger partial charge in [0.2, 0.25) is 15.9 Å². The molecule has 3 rings (SSSR count). The van der Waals surface area contributed by atoms with Crippen LogP contribution in [-0.2, 0) is 35.9 Å². The van der Waals surface area contributed by atoms with Crippen molar-refractivity contribution in [2.45, 2.75) is 43.3 Å². The Labute approximate surface area is 258 Å². The fourth-order valence-corrected chi connectivity index (χ4v) is 5.82. The molecule has 17 heteroatoms. The second kappa shape index (κ2) is 15.2. The number of carboxylic acids is 1. The van der Waals surface area contributed by atoms with E-state index in [0.717, 1.165) is 17.4 Å². The van der Waals surface area contributed by atoms with Crippen molar-refractivity contribution in [1.82, 2.24) is 10.0 Å². The van der Waals surface area contributed by atoms with Crippen LogP contribution in [0.4, 0.5) is 13.2 Å². The van der Waals surface area contributed by atoms with Gasteiger partial charge >= 0.3 is 12.1 Å². The van der Waals surface area contributed by atoms with Gasteiger partial charge in [-0.1, -0.05) is 53.7 Å². The Hall–Kier alpha value is -4.22. The SMILES string of the molecule is CC1=C(N)C(=NO)CC=C1C[C@H](NS(C)(=O)=O)C(=O)NCCc1ccc(-c2ccccc2S(C)(=O)=O)cc1.O=C(O)C(F)(F)F. The smallest absolute Gasteiger partial charge is 0.475 e. The number of nitrogens with one attached hydrogen (secondary N) is 2. The second-order valence-corrected chi connectivity index (χ2v) is 13.7. The van der Waals surface area contributed by atoms with Crippen LogP contribution in [0.3, 0.4) is 0 Å². The number of sulfonamides is 1. The number of hydrogen-bond donors (Lipinski definition) is 5. The molecule has 2 aromatic carbocycles. The maximum atomic E-state index is 12.9. The second-order valence-electron chi connectivity index (χ2n) is 9.97. The lowest BCUT2D eigenvalue weighted by Gasteiger charge is -2.22. The minimum atomic E-state index is -5.08. The first-order chi connectivity index (χ1) is 20.7. The van der Waals surface area contributed by atoms with Gasteiger partial charge in [-0.25, -0.2) is 26.4 Å². The van der Waals surface area contributed by atoms with Crippen molar-refractivity contribution in [1.29, 1.82) is 0 Å². The number of carbonyl (C=O) groups excluding carboxylic acids is 1. The average molecular weight is 675 g/mol. The number of sulfone groups is 1. The Kier molecular flexibility index (Phi) is 12.5. The molecule has 1 amide bonds. The van der Waals surface area contributed by atoms with Crippen LogP contribution in [0.15, 0.2) is 81.5 Å². The third-order valence-electron chi connectivity index (χ3n) is 6.46. The maximum absolute atomic E-state index is 12.9. The molecular weight excluding hydrogens is 641 g/mol. The van der Waals surface area contributed by atoms with E-state index in [9.17, 15) is 34.8 Å². The summed E-state index contributed by atoms with van der Waals surface area (Å²) >= 11 is 0. The van der Waals surface area contributed by atoms with Gasteiger partial charge in [0.15, 0.2) is 9.84 Å². The lowest BCUT2D eigenvalue weighted by atomic mass is 9.90. The Bertz CT molecular complexity index is 1720. The van der Waals surface area contributed by atoms with Crippen LogP contribution >= 0.6 is 0 Å². The first kappa shape index (κ1) is 37.0. The van der Waals surface area contributed by atoms with E-state index in [0.29, 0.717) is 34.5 Å². The van der Waals surface area contributed by atoms with Crippen molar-refractivity contribution in [3.8, 4) is 11.1 Å². The lowest BCUT2D eigenvalue weighted by molar-refractivity contribution is -0.192. The van der Waals surface area contributed by atoms with Gasteiger partial charge in [-0.3, -0.25) is 4.79 Å². The molecule has 6 N–H and O–H groups in total. The topological polar surface area (TPSA) is 205 Å². The predicted octanol–water partition coefficient (Wildman–Crippen LogP) is 2.75. The average Bonchev–Trinajstić information content (AvgIpc) is 2.94. The summed E-state index contributed by atoms with van der Waals surface area (Å²) in [5.74, 6) is -3.24. The quantitative estimate of drug-likeness (QED) is 0.185. The zero-order chi connectivity index (χ0) is 34.2. The van der Waals surface area contributed by atoms with E-state index in [1.165, 1.54) is 6.26 Å². The molecule has 0 unspecified atom stereocenters. The summed E-state index contributed by atoms with van der Waals surface area (Å²) in [5, 5.41) is 22.1. The molecule has 2 aromatic rings. The molecular formula is C28H33F3N4O8S2. The van der Waals surface area contributed by atoms with Crippen LogP contribution in [-0.4, -0.2) is 76.0 Å². The number of nitrogens with zero attached hydrogens (tertiary/aromatic N) is 1. The zero-order valence-electron chi connectivity index (χ0n) is 24.4. The van der Waals surface area contributed by atoms with E-state index in [1.807, 2.05) is 24.3 Å². The molecule has 0 saturated heterocycles. The first-order valence-corrected chi connectivity index (χ1v) is 16.8. The lowest BCUT2D eigenvalue weighted by Crippen LogP contribution is -2.47. The molecule has 1 aliphatic carbocycles.